The first-order valence-electron chi connectivity index (χ1n) is 5.10. The second-order valence-corrected chi connectivity index (χ2v) is 2.79. The zero-order chi connectivity index (χ0) is 10.3. The molecule has 1 aliphatic rings. The van der Waals surface area contributed by atoms with Crippen molar-refractivity contribution in [3.05, 3.63) is 0 Å². The van der Waals surface area contributed by atoms with Crippen molar-refractivity contribution in [1.29, 1.82) is 0 Å². The molecule has 0 aromatic heterocycles. The van der Waals surface area contributed by atoms with E-state index in [0.717, 1.165) is 19.3 Å². The average molecular weight is 188 g/mol. The van der Waals surface area contributed by atoms with E-state index >= 15 is 0 Å². The highest BCUT2D eigenvalue weighted by molar-refractivity contribution is 5.75. The molecule has 2 atom stereocenters. The number of esters is 1. The Morgan fingerprint density at radius 2 is 2.00 bits per heavy atom. The fourth-order valence-corrected chi connectivity index (χ4v) is 1.03. The summed E-state index contributed by atoms with van der Waals surface area (Å²) < 4.78 is 10.1. The van der Waals surface area contributed by atoms with E-state index in [9.17, 15) is 4.79 Å². The molecule has 2 unspecified atom stereocenters. The average Bonchev–Trinajstić information content (AvgIpc) is 2.46. The largest absolute Gasteiger partial charge is 0.434 e. The fourth-order valence-electron chi connectivity index (χ4n) is 1.03. The van der Waals surface area contributed by atoms with Crippen LogP contribution in [0.25, 0.3) is 0 Å². The number of hydrogen-bond acceptors (Lipinski definition) is 3. The molecule has 0 aliphatic carbocycles. The van der Waals surface area contributed by atoms with Gasteiger partial charge in [-0.05, 0) is 13.3 Å². The number of carbonyl (C=O) groups excluding carboxylic acids is 1. The number of carbonyl (C=O) groups is 1. The highest BCUT2D eigenvalue weighted by Gasteiger charge is 2.30. The molecule has 0 radical (unpaired) electrons. The molecule has 78 valence electrons. The van der Waals surface area contributed by atoms with Gasteiger partial charge in [0.2, 0.25) is 6.29 Å². The molecular formula is C10H20O3. The van der Waals surface area contributed by atoms with Crippen molar-refractivity contribution < 1.29 is 14.3 Å². The van der Waals surface area contributed by atoms with Gasteiger partial charge in [0.1, 0.15) is 0 Å². The Morgan fingerprint density at radius 1 is 1.38 bits per heavy atom. The number of rotatable bonds is 3. The Morgan fingerprint density at radius 3 is 2.38 bits per heavy atom. The van der Waals surface area contributed by atoms with E-state index < -0.39 is 0 Å². The number of unbranched alkanes of at least 4 members (excludes halogenated alkanes) is 1. The molecular weight excluding hydrogens is 168 g/mol. The Labute approximate surface area is 80.4 Å². The molecule has 1 aliphatic heterocycles. The first-order chi connectivity index (χ1) is 6.24. The molecule has 3 heteroatoms. The van der Waals surface area contributed by atoms with Crippen LogP contribution in [0.1, 0.15) is 47.0 Å². The van der Waals surface area contributed by atoms with Gasteiger partial charge in [-0.2, -0.15) is 0 Å². The van der Waals surface area contributed by atoms with E-state index in [2.05, 4.69) is 6.92 Å². The molecule has 1 fully saturated rings. The molecule has 0 bridgehead atoms. The van der Waals surface area contributed by atoms with Crippen LogP contribution >= 0.6 is 0 Å². The normalized spacial score (nSPS) is 26.3. The molecule has 0 saturated carbocycles. The van der Waals surface area contributed by atoms with Crippen molar-refractivity contribution >= 4 is 5.97 Å². The lowest BCUT2D eigenvalue weighted by molar-refractivity contribution is -0.143. The van der Waals surface area contributed by atoms with Gasteiger partial charge in [-0.15, -0.1) is 0 Å². The van der Waals surface area contributed by atoms with Crippen molar-refractivity contribution in [2.24, 2.45) is 0 Å². The van der Waals surface area contributed by atoms with Crippen LogP contribution in [-0.2, 0) is 14.3 Å². The molecule has 1 rings (SSSR count). The summed E-state index contributed by atoms with van der Waals surface area (Å²) in [4.78, 5) is 10.8. The molecule has 0 spiro atoms. The highest BCUT2D eigenvalue weighted by atomic mass is 16.7. The summed E-state index contributed by atoms with van der Waals surface area (Å²) in [5.74, 6) is -0.230. The van der Waals surface area contributed by atoms with Crippen LogP contribution in [0.3, 0.4) is 0 Å². The second-order valence-electron chi connectivity index (χ2n) is 2.79. The van der Waals surface area contributed by atoms with Crippen LogP contribution in [0.15, 0.2) is 0 Å². The first kappa shape index (κ1) is 12.4. The zero-order valence-electron chi connectivity index (χ0n) is 9.00. The van der Waals surface area contributed by atoms with E-state index in [1.807, 2.05) is 13.8 Å². The van der Waals surface area contributed by atoms with E-state index in [0.29, 0.717) is 0 Å². The quantitative estimate of drug-likeness (QED) is 0.638. The molecule has 0 aromatic rings. The Balaban J connectivity index is 0.000000671. The van der Waals surface area contributed by atoms with Crippen molar-refractivity contribution in [2.75, 3.05) is 0 Å². The maximum Gasteiger partial charge on any atom is 0.337 e. The van der Waals surface area contributed by atoms with E-state index in [4.69, 9.17) is 9.47 Å². The molecule has 0 amide bonds. The van der Waals surface area contributed by atoms with E-state index in [-0.39, 0.29) is 18.4 Å². The lowest BCUT2D eigenvalue weighted by Crippen LogP contribution is -2.09. The van der Waals surface area contributed by atoms with Gasteiger partial charge in [-0.1, -0.05) is 27.2 Å². The predicted molar refractivity (Wildman–Crippen MR) is 51.3 cm³/mol. The van der Waals surface area contributed by atoms with Gasteiger partial charge in [0.05, 0.1) is 0 Å². The number of hydrogen-bond donors (Lipinski definition) is 0. The third-order valence-electron chi connectivity index (χ3n) is 1.73. The van der Waals surface area contributed by atoms with E-state index in [1.54, 1.807) is 6.92 Å². The lowest BCUT2D eigenvalue weighted by atomic mass is 10.2. The van der Waals surface area contributed by atoms with Crippen LogP contribution in [-0.4, -0.2) is 18.4 Å². The Bertz CT molecular complexity index is 145. The van der Waals surface area contributed by atoms with Crippen LogP contribution in [0, 0.1) is 0 Å². The van der Waals surface area contributed by atoms with E-state index in [1.165, 1.54) is 0 Å². The second kappa shape index (κ2) is 6.89. The molecule has 1 heterocycles. The monoisotopic (exact) mass is 188 g/mol. The summed E-state index contributed by atoms with van der Waals surface area (Å²) >= 11 is 0. The van der Waals surface area contributed by atoms with Gasteiger partial charge in [-0.25, -0.2) is 4.79 Å². The van der Waals surface area contributed by atoms with Gasteiger partial charge in [0.25, 0.3) is 0 Å². The zero-order valence-corrected chi connectivity index (χ0v) is 9.00. The highest BCUT2D eigenvalue weighted by Crippen LogP contribution is 2.17. The standard InChI is InChI=1S/C8H14O3.C2H6/c1-3-4-5-7-10-6(2)8(9)11-7;1-2/h6-7H,3-5H2,1-2H3;1-2H3. The lowest BCUT2D eigenvalue weighted by Gasteiger charge is -2.06. The molecule has 0 aromatic carbocycles. The third-order valence-corrected chi connectivity index (χ3v) is 1.73. The molecule has 0 N–H and O–H groups in total. The molecule has 1 saturated heterocycles. The van der Waals surface area contributed by atoms with Crippen molar-refractivity contribution in [1.82, 2.24) is 0 Å². The summed E-state index contributed by atoms with van der Waals surface area (Å²) in [6.45, 7) is 7.81. The Hall–Kier alpha value is -0.570. The first-order valence-corrected chi connectivity index (χ1v) is 5.10. The molecule has 13 heavy (non-hydrogen) atoms. The summed E-state index contributed by atoms with van der Waals surface area (Å²) in [6.07, 6.45) is 2.33. The maximum atomic E-state index is 10.8. The predicted octanol–water partition coefficient (Wildman–Crippen LogP) is 2.49. The van der Waals surface area contributed by atoms with Crippen molar-refractivity contribution in [3.8, 4) is 0 Å². The van der Waals surface area contributed by atoms with Gasteiger partial charge < -0.3 is 9.47 Å². The summed E-state index contributed by atoms with van der Waals surface area (Å²) in [5.41, 5.74) is 0. The van der Waals surface area contributed by atoms with Gasteiger partial charge in [-0.3, -0.25) is 0 Å². The van der Waals surface area contributed by atoms with Gasteiger partial charge >= 0.3 is 5.97 Å². The number of cyclic esters (lactones) is 1. The van der Waals surface area contributed by atoms with Crippen LogP contribution in [0.5, 0.6) is 0 Å². The molecule has 3 nitrogen and oxygen atoms in total. The van der Waals surface area contributed by atoms with Crippen molar-refractivity contribution in [3.63, 3.8) is 0 Å². The van der Waals surface area contributed by atoms with Crippen LogP contribution in [0.4, 0.5) is 0 Å². The minimum Gasteiger partial charge on any atom is -0.434 e. The number of ether oxygens (including phenoxy) is 2. The summed E-state index contributed by atoms with van der Waals surface area (Å²) in [6, 6.07) is 0. The summed E-state index contributed by atoms with van der Waals surface area (Å²) in [7, 11) is 0. The van der Waals surface area contributed by atoms with Crippen LogP contribution in [0.2, 0.25) is 0 Å². The Kier molecular flexibility index (Phi) is 6.59. The summed E-state index contributed by atoms with van der Waals surface area (Å²) in [5, 5.41) is 0. The van der Waals surface area contributed by atoms with Gasteiger partial charge in [0, 0.05) is 6.42 Å². The topological polar surface area (TPSA) is 35.5 Å². The smallest absolute Gasteiger partial charge is 0.337 e. The minimum absolute atomic E-state index is 0.230. The third kappa shape index (κ3) is 4.27. The van der Waals surface area contributed by atoms with Gasteiger partial charge in [0.15, 0.2) is 6.10 Å². The van der Waals surface area contributed by atoms with Crippen LogP contribution < -0.4 is 0 Å². The SMILES string of the molecule is CC.CCCCC1OC(=O)C(C)O1. The van der Waals surface area contributed by atoms with Crippen molar-refractivity contribution in [2.45, 2.75) is 59.4 Å². The fraction of sp³-hybridized carbons (Fsp3) is 0.900. The minimum atomic E-state index is -0.364. The maximum absolute atomic E-state index is 10.8.